The summed E-state index contributed by atoms with van der Waals surface area (Å²) in [6, 6.07) is 5.16. The van der Waals surface area contributed by atoms with Gasteiger partial charge >= 0.3 is 0 Å². The van der Waals surface area contributed by atoms with Crippen molar-refractivity contribution in [1.29, 1.82) is 0 Å². The summed E-state index contributed by atoms with van der Waals surface area (Å²) in [5, 5.41) is 11.0. The molecule has 1 unspecified atom stereocenters. The molecule has 1 aliphatic rings. The zero-order chi connectivity index (χ0) is 18.5. The number of nitrogens with one attached hydrogen (secondary N) is 1. The van der Waals surface area contributed by atoms with Crippen LogP contribution >= 0.6 is 11.3 Å². The molecule has 0 aromatic carbocycles. The second-order valence-corrected chi connectivity index (χ2v) is 9.73. The topological polar surface area (TPSA) is 92.1 Å². The number of hydrogen-bond donors (Lipinski definition) is 1. The second kappa shape index (κ2) is 6.33. The molecule has 1 fully saturated rings. The van der Waals surface area contributed by atoms with E-state index in [4.69, 9.17) is 4.52 Å². The maximum Gasteiger partial charge on any atom is 0.244 e. The van der Waals surface area contributed by atoms with Crippen molar-refractivity contribution in [2.75, 3.05) is 6.54 Å². The maximum atomic E-state index is 13.3. The molecule has 4 heterocycles. The lowest BCUT2D eigenvalue weighted by molar-refractivity contribution is 0.297. The molecule has 1 saturated heterocycles. The highest BCUT2D eigenvalue weighted by atomic mass is 32.2. The van der Waals surface area contributed by atoms with Crippen molar-refractivity contribution >= 4 is 21.4 Å². The van der Waals surface area contributed by atoms with Gasteiger partial charge in [-0.25, -0.2) is 8.42 Å². The summed E-state index contributed by atoms with van der Waals surface area (Å²) in [5.74, 6) is 0.611. The van der Waals surface area contributed by atoms with E-state index in [1.54, 1.807) is 10.4 Å². The van der Waals surface area contributed by atoms with E-state index in [9.17, 15) is 8.42 Å². The molecule has 0 amide bonds. The third-order valence-corrected chi connectivity index (χ3v) is 7.83. The first kappa shape index (κ1) is 17.4. The van der Waals surface area contributed by atoms with Gasteiger partial charge in [0, 0.05) is 23.2 Å². The Morgan fingerprint density at radius 2 is 2.08 bits per heavy atom. The van der Waals surface area contributed by atoms with Crippen LogP contribution in [0.4, 0.5) is 0 Å². The second-order valence-electron chi connectivity index (χ2n) is 6.61. The van der Waals surface area contributed by atoms with Gasteiger partial charge in [-0.3, -0.25) is 5.10 Å². The van der Waals surface area contributed by atoms with Crippen LogP contribution in [0.15, 0.2) is 27.6 Å². The third kappa shape index (κ3) is 2.89. The van der Waals surface area contributed by atoms with E-state index < -0.39 is 10.0 Å². The maximum absolute atomic E-state index is 13.3. The van der Waals surface area contributed by atoms with Gasteiger partial charge in [0.05, 0.1) is 21.5 Å². The molecule has 3 aromatic heterocycles. The molecule has 9 heteroatoms. The molecule has 0 radical (unpaired) electrons. The van der Waals surface area contributed by atoms with E-state index in [-0.39, 0.29) is 6.04 Å². The Bertz CT molecular complexity index is 1050. The summed E-state index contributed by atoms with van der Waals surface area (Å²) in [4.78, 5) is 1.96. The Hall–Kier alpha value is -1.97. The Labute approximate surface area is 156 Å². The van der Waals surface area contributed by atoms with Crippen molar-refractivity contribution in [2.45, 2.75) is 44.6 Å². The quantitative estimate of drug-likeness (QED) is 0.733. The zero-order valence-corrected chi connectivity index (χ0v) is 16.4. The van der Waals surface area contributed by atoms with Crippen molar-refractivity contribution in [3.05, 3.63) is 40.2 Å². The Balaban J connectivity index is 1.71. The monoisotopic (exact) mass is 392 g/mol. The van der Waals surface area contributed by atoms with E-state index in [1.165, 1.54) is 11.3 Å². The number of aryl methyl sites for hydroxylation is 3. The minimum atomic E-state index is -3.62. The number of thiophene rings is 1. The van der Waals surface area contributed by atoms with Gasteiger partial charge in [-0.1, -0.05) is 5.16 Å². The van der Waals surface area contributed by atoms with E-state index >= 15 is 0 Å². The highest BCUT2D eigenvalue weighted by molar-refractivity contribution is 7.89. The molecular formula is C17H20N4O3S2. The number of nitrogens with zero attached hydrogens (tertiary/aromatic N) is 3. The van der Waals surface area contributed by atoms with Gasteiger partial charge in [0.15, 0.2) is 5.76 Å². The fourth-order valence-electron chi connectivity index (χ4n) is 3.37. The van der Waals surface area contributed by atoms with Gasteiger partial charge in [0.25, 0.3) is 0 Å². The standard InChI is InChI=1S/C17H20N4O3S2/c1-10-7-13(19-18-10)16-9-17(12(3)25-16)26(22,23)21-6-4-5-14(21)15-8-11(2)20-24-15/h7-9,14H,4-6H2,1-3H3,(H,18,19). The SMILES string of the molecule is Cc1cc(C2CCCN2S(=O)(=O)c2cc(-c3cc(C)[nH]n3)sc2C)on1. The molecule has 3 aromatic rings. The van der Waals surface area contributed by atoms with Gasteiger partial charge in [-0.2, -0.15) is 9.40 Å². The predicted octanol–water partition coefficient (Wildman–Crippen LogP) is 3.58. The van der Waals surface area contributed by atoms with Crippen molar-refractivity contribution in [1.82, 2.24) is 19.7 Å². The molecular weight excluding hydrogens is 372 g/mol. The molecule has 0 bridgehead atoms. The minimum Gasteiger partial charge on any atom is -0.359 e. The molecule has 4 rings (SSSR count). The molecule has 0 spiro atoms. The lowest BCUT2D eigenvalue weighted by atomic mass is 10.2. The number of sulfonamides is 1. The Morgan fingerprint density at radius 3 is 2.73 bits per heavy atom. The summed E-state index contributed by atoms with van der Waals surface area (Å²) in [7, 11) is -3.62. The molecule has 1 atom stereocenters. The predicted molar refractivity (Wildman–Crippen MR) is 98.5 cm³/mol. The zero-order valence-electron chi connectivity index (χ0n) is 14.8. The van der Waals surface area contributed by atoms with Gasteiger partial charge in [0.1, 0.15) is 5.69 Å². The van der Waals surface area contributed by atoms with Crippen molar-refractivity contribution < 1.29 is 12.9 Å². The molecule has 0 saturated carbocycles. The Morgan fingerprint density at radius 1 is 1.27 bits per heavy atom. The first-order chi connectivity index (χ1) is 12.4. The van der Waals surface area contributed by atoms with Gasteiger partial charge in [-0.05, 0) is 45.7 Å². The van der Waals surface area contributed by atoms with Crippen LogP contribution in [0.1, 0.15) is 40.9 Å². The van der Waals surface area contributed by atoms with E-state index in [1.807, 2.05) is 32.9 Å². The number of rotatable bonds is 4. The summed E-state index contributed by atoms with van der Waals surface area (Å²) < 4.78 is 33.6. The minimum absolute atomic E-state index is 0.295. The average Bonchev–Trinajstić information content (AvgIpc) is 3.32. The lowest BCUT2D eigenvalue weighted by Gasteiger charge is -2.21. The van der Waals surface area contributed by atoms with Crippen LogP contribution in [0, 0.1) is 20.8 Å². The van der Waals surface area contributed by atoms with Crippen LogP contribution in [-0.4, -0.2) is 34.6 Å². The molecule has 1 N–H and O–H groups in total. The largest absolute Gasteiger partial charge is 0.359 e. The fourth-order valence-corrected chi connectivity index (χ4v) is 6.56. The van der Waals surface area contributed by atoms with Crippen LogP contribution in [0.2, 0.25) is 0 Å². The van der Waals surface area contributed by atoms with Crippen molar-refractivity contribution in [3.8, 4) is 10.6 Å². The highest BCUT2D eigenvalue weighted by Gasteiger charge is 2.39. The van der Waals surface area contributed by atoms with Gasteiger partial charge in [0.2, 0.25) is 10.0 Å². The van der Waals surface area contributed by atoms with Crippen LogP contribution < -0.4 is 0 Å². The van der Waals surface area contributed by atoms with Crippen LogP contribution in [0.5, 0.6) is 0 Å². The van der Waals surface area contributed by atoms with Gasteiger partial charge in [-0.15, -0.1) is 11.3 Å². The summed E-state index contributed by atoms with van der Waals surface area (Å²) in [5.41, 5.74) is 2.46. The summed E-state index contributed by atoms with van der Waals surface area (Å²) >= 11 is 1.44. The highest BCUT2D eigenvalue weighted by Crippen LogP contribution is 2.40. The molecule has 0 aliphatic carbocycles. The van der Waals surface area contributed by atoms with Crippen molar-refractivity contribution in [3.63, 3.8) is 0 Å². The normalized spacial score (nSPS) is 18.7. The van der Waals surface area contributed by atoms with Crippen LogP contribution in [0.3, 0.4) is 0 Å². The number of aromatic amines is 1. The first-order valence-corrected chi connectivity index (χ1v) is 10.7. The average molecular weight is 393 g/mol. The molecule has 1 aliphatic heterocycles. The summed E-state index contributed by atoms with van der Waals surface area (Å²) in [6.07, 6.45) is 1.54. The first-order valence-electron chi connectivity index (χ1n) is 8.44. The lowest BCUT2D eigenvalue weighted by Crippen LogP contribution is -2.30. The Kier molecular flexibility index (Phi) is 4.25. The number of hydrogen-bond acceptors (Lipinski definition) is 6. The van der Waals surface area contributed by atoms with Crippen LogP contribution in [-0.2, 0) is 10.0 Å². The van der Waals surface area contributed by atoms with E-state index in [0.29, 0.717) is 17.2 Å². The van der Waals surface area contributed by atoms with Crippen molar-refractivity contribution in [2.24, 2.45) is 0 Å². The van der Waals surface area contributed by atoms with Crippen LogP contribution in [0.25, 0.3) is 10.6 Å². The van der Waals surface area contributed by atoms with E-state index in [0.717, 1.165) is 39.7 Å². The number of H-pyrrole nitrogens is 1. The van der Waals surface area contributed by atoms with E-state index in [2.05, 4.69) is 15.4 Å². The molecule has 7 nitrogen and oxygen atoms in total. The van der Waals surface area contributed by atoms with Gasteiger partial charge < -0.3 is 4.52 Å². The molecule has 138 valence electrons. The smallest absolute Gasteiger partial charge is 0.244 e. The number of aromatic nitrogens is 3. The third-order valence-electron chi connectivity index (χ3n) is 4.60. The fraction of sp³-hybridized carbons (Fsp3) is 0.412. The molecule has 26 heavy (non-hydrogen) atoms. The summed E-state index contributed by atoms with van der Waals surface area (Å²) in [6.45, 7) is 6.08.